The Labute approximate surface area is 111 Å². The molecule has 1 nitrogen and oxygen atoms in total. The summed E-state index contributed by atoms with van der Waals surface area (Å²) in [7, 11) is 0. The average Bonchev–Trinajstić information content (AvgIpc) is 3.04. The first-order valence-electron chi connectivity index (χ1n) is 6.36. The summed E-state index contributed by atoms with van der Waals surface area (Å²) in [5.41, 5.74) is 1.87. The summed E-state index contributed by atoms with van der Waals surface area (Å²) in [5, 5.41) is 5.42. The minimum atomic E-state index is -0.136. The molecule has 0 bridgehead atoms. The Morgan fingerprint density at radius 2 is 2.17 bits per heavy atom. The highest BCUT2D eigenvalue weighted by atomic mass is 32.1. The Bertz CT molecular complexity index is 517. The molecule has 1 saturated carbocycles. The molecule has 1 N–H and O–H groups in total. The van der Waals surface area contributed by atoms with Crippen LogP contribution < -0.4 is 5.32 Å². The highest BCUT2D eigenvalue weighted by Crippen LogP contribution is 2.29. The van der Waals surface area contributed by atoms with E-state index in [1.807, 2.05) is 29.6 Å². The summed E-state index contributed by atoms with van der Waals surface area (Å²) < 4.78 is 13.8. The summed E-state index contributed by atoms with van der Waals surface area (Å²) in [5.74, 6) is 0.741. The molecule has 1 aliphatic carbocycles. The molecule has 2 aromatic rings. The Morgan fingerprint density at radius 1 is 1.28 bits per heavy atom. The van der Waals surface area contributed by atoms with Crippen LogP contribution in [0.2, 0.25) is 0 Å². The highest BCUT2D eigenvalue weighted by molar-refractivity contribution is 7.13. The van der Waals surface area contributed by atoms with Crippen molar-refractivity contribution in [2.45, 2.75) is 19.4 Å². The monoisotopic (exact) mass is 261 g/mol. The largest absolute Gasteiger partial charge is 0.312 e. The van der Waals surface area contributed by atoms with E-state index in [9.17, 15) is 4.39 Å². The lowest BCUT2D eigenvalue weighted by atomic mass is 10.1. The lowest BCUT2D eigenvalue weighted by Crippen LogP contribution is -2.16. The van der Waals surface area contributed by atoms with Crippen LogP contribution in [0.3, 0.4) is 0 Å². The van der Waals surface area contributed by atoms with E-state index in [-0.39, 0.29) is 5.82 Å². The summed E-state index contributed by atoms with van der Waals surface area (Å²) in [6.45, 7) is 1.92. The van der Waals surface area contributed by atoms with E-state index in [2.05, 4.69) is 5.32 Å². The van der Waals surface area contributed by atoms with Crippen molar-refractivity contribution in [1.29, 1.82) is 0 Å². The van der Waals surface area contributed by atoms with Crippen molar-refractivity contribution in [1.82, 2.24) is 5.32 Å². The molecule has 18 heavy (non-hydrogen) atoms. The second kappa shape index (κ2) is 5.21. The third-order valence-electron chi connectivity index (χ3n) is 3.28. The van der Waals surface area contributed by atoms with Crippen LogP contribution in [0.4, 0.5) is 4.39 Å². The molecule has 0 radical (unpaired) electrons. The molecular weight excluding hydrogens is 245 g/mol. The van der Waals surface area contributed by atoms with Crippen molar-refractivity contribution >= 4 is 11.3 Å². The summed E-state index contributed by atoms with van der Waals surface area (Å²) in [6, 6.07) is 9.32. The first-order valence-corrected chi connectivity index (χ1v) is 7.24. The standard InChI is InChI=1S/C15H16FNS/c16-14-6-5-12(10-17-9-11-3-4-11)8-13(14)15-2-1-7-18-15/h1-2,5-8,11,17H,3-4,9-10H2. The molecule has 94 valence electrons. The topological polar surface area (TPSA) is 12.0 Å². The Morgan fingerprint density at radius 3 is 2.89 bits per heavy atom. The van der Waals surface area contributed by atoms with Crippen LogP contribution in [0.1, 0.15) is 18.4 Å². The molecule has 0 atom stereocenters. The van der Waals surface area contributed by atoms with Crippen LogP contribution in [-0.2, 0) is 6.54 Å². The zero-order valence-corrected chi connectivity index (χ0v) is 11.0. The zero-order chi connectivity index (χ0) is 12.4. The van der Waals surface area contributed by atoms with Crippen molar-refractivity contribution < 1.29 is 4.39 Å². The molecule has 0 unspecified atom stereocenters. The average molecular weight is 261 g/mol. The van der Waals surface area contributed by atoms with Crippen LogP contribution in [0.25, 0.3) is 10.4 Å². The third kappa shape index (κ3) is 2.79. The second-order valence-electron chi connectivity index (χ2n) is 4.87. The van der Waals surface area contributed by atoms with E-state index in [1.165, 1.54) is 12.8 Å². The fourth-order valence-corrected chi connectivity index (χ4v) is 2.79. The minimum absolute atomic E-state index is 0.136. The molecule has 1 aromatic heterocycles. The van der Waals surface area contributed by atoms with Gasteiger partial charge in [0.1, 0.15) is 5.82 Å². The van der Waals surface area contributed by atoms with Gasteiger partial charge in [0.2, 0.25) is 0 Å². The molecule has 0 amide bonds. The second-order valence-corrected chi connectivity index (χ2v) is 5.81. The highest BCUT2D eigenvalue weighted by Gasteiger charge is 2.20. The predicted molar refractivity (Wildman–Crippen MR) is 74.1 cm³/mol. The van der Waals surface area contributed by atoms with Gasteiger partial charge in [0, 0.05) is 17.0 Å². The summed E-state index contributed by atoms with van der Waals surface area (Å²) >= 11 is 1.58. The number of thiophene rings is 1. The fourth-order valence-electron chi connectivity index (χ4n) is 2.05. The van der Waals surface area contributed by atoms with Gasteiger partial charge in [-0.25, -0.2) is 4.39 Å². The van der Waals surface area contributed by atoms with E-state index >= 15 is 0 Å². The quantitative estimate of drug-likeness (QED) is 0.856. The van der Waals surface area contributed by atoms with Crippen molar-refractivity contribution in [2.75, 3.05) is 6.54 Å². The van der Waals surface area contributed by atoms with Crippen molar-refractivity contribution in [3.05, 3.63) is 47.1 Å². The maximum atomic E-state index is 13.8. The van der Waals surface area contributed by atoms with E-state index in [0.717, 1.165) is 35.0 Å². The van der Waals surface area contributed by atoms with E-state index in [0.29, 0.717) is 0 Å². The van der Waals surface area contributed by atoms with Gasteiger partial charge in [-0.2, -0.15) is 0 Å². The van der Waals surface area contributed by atoms with Gasteiger partial charge in [0.15, 0.2) is 0 Å². The van der Waals surface area contributed by atoms with Gasteiger partial charge in [-0.15, -0.1) is 11.3 Å². The molecule has 3 rings (SSSR count). The molecule has 1 aliphatic rings. The van der Waals surface area contributed by atoms with E-state index in [4.69, 9.17) is 0 Å². The predicted octanol–water partition coefficient (Wildman–Crippen LogP) is 4.05. The molecular formula is C15H16FNS. The minimum Gasteiger partial charge on any atom is -0.312 e. The molecule has 0 saturated heterocycles. The Balaban J connectivity index is 1.72. The maximum Gasteiger partial charge on any atom is 0.131 e. The van der Waals surface area contributed by atoms with Gasteiger partial charge in [0.25, 0.3) is 0 Å². The third-order valence-corrected chi connectivity index (χ3v) is 4.18. The van der Waals surface area contributed by atoms with Gasteiger partial charge < -0.3 is 5.32 Å². The van der Waals surface area contributed by atoms with Crippen molar-refractivity contribution in [3.8, 4) is 10.4 Å². The van der Waals surface area contributed by atoms with Gasteiger partial charge in [-0.1, -0.05) is 12.1 Å². The Kier molecular flexibility index (Phi) is 3.43. The molecule has 1 heterocycles. The van der Waals surface area contributed by atoms with E-state index < -0.39 is 0 Å². The van der Waals surface area contributed by atoms with Crippen molar-refractivity contribution in [2.24, 2.45) is 5.92 Å². The molecule has 1 aromatic carbocycles. The first-order chi connectivity index (χ1) is 8.83. The lowest BCUT2D eigenvalue weighted by Gasteiger charge is -2.07. The van der Waals surface area contributed by atoms with Crippen LogP contribution in [0.5, 0.6) is 0 Å². The smallest absolute Gasteiger partial charge is 0.131 e. The van der Waals surface area contributed by atoms with Crippen molar-refractivity contribution in [3.63, 3.8) is 0 Å². The number of rotatable bonds is 5. The van der Waals surface area contributed by atoms with Crippen LogP contribution in [0, 0.1) is 11.7 Å². The van der Waals surface area contributed by atoms with Crippen LogP contribution in [-0.4, -0.2) is 6.54 Å². The molecule has 3 heteroatoms. The van der Waals surface area contributed by atoms with Crippen LogP contribution in [0.15, 0.2) is 35.7 Å². The summed E-state index contributed by atoms with van der Waals surface area (Å²) in [4.78, 5) is 0.997. The SMILES string of the molecule is Fc1ccc(CNCC2CC2)cc1-c1cccs1. The van der Waals surface area contributed by atoms with Gasteiger partial charge in [-0.05, 0) is 54.4 Å². The maximum absolute atomic E-state index is 13.8. The Hall–Kier alpha value is -1.19. The number of halogens is 1. The molecule has 1 fully saturated rings. The molecule has 0 aliphatic heterocycles. The lowest BCUT2D eigenvalue weighted by molar-refractivity contribution is 0.623. The normalized spacial score (nSPS) is 14.9. The van der Waals surface area contributed by atoms with Gasteiger partial charge in [0.05, 0.1) is 0 Å². The number of benzene rings is 1. The molecule has 0 spiro atoms. The first kappa shape index (κ1) is 11.9. The van der Waals surface area contributed by atoms with E-state index in [1.54, 1.807) is 17.4 Å². The number of hydrogen-bond acceptors (Lipinski definition) is 2. The van der Waals surface area contributed by atoms with Gasteiger partial charge >= 0.3 is 0 Å². The number of nitrogens with one attached hydrogen (secondary N) is 1. The van der Waals surface area contributed by atoms with Gasteiger partial charge in [-0.3, -0.25) is 0 Å². The fraction of sp³-hybridized carbons (Fsp3) is 0.333. The summed E-state index contributed by atoms with van der Waals surface area (Å²) in [6.07, 6.45) is 2.72. The zero-order valence-electron chi connectivity index (χ0n) is 10.2. The van der Waals surface area contributed by atoms with Crippen LogP contribution >= 0.6 is 11.3 Å². The number of hydrogen-bond donors (Lipinski definition) is 1.